The van der Waals surface area contributed by atoms with Crippen LogP contribution in [0.3, 0.4) is 0 Å². The van der Waals surface area contributed by atoms with Crippen LogP contribution in [-0.2, 0) is 6.73 Å². The van der Waals surface area contributed by atoms with Crippen molar-refractivity contribution in [1.29, 1.82) is 0 Å². The molecule has 0 saturated heterocycles. The van der Waals surface area contributed by atoms with Crippen molar-refractivity contribution in [1.82, 2.24) is 14.5 Å². The van der Waals surface area contributed by atoms with Crippen molar-refractivity contribution in [3.63, 3.8) is 0 Å². The summed E-state index contributed by atoms with van der Waals surface area (Å²) in [5.74, 6) is 0. The molecule has 0 amide bonds. The van der Waals surface area contributed by atoms with Crippen LogP contribution in [0.15, 0.2) is 17.4 Å². The number of hydrogen-bond acceptors (Lipinski definition) is 4. The second-order valence-electron chi connectivity index (χ2n) is 1.40. The number of aliphatic hydroxyl groups excluding tert-OH is 1. The molecule has 5 heteroatoms. The molecule has 1 N–H and O–H groups in total. The van der Waals surface area contributed by atoms with E-state index in [2.05, 4.69) is 9.97 Å². The molecule has 0 aliphatic rings. The summed E-state index contributed by atoms with van der Waals surface area (Å²) in [5.41, 5.74) is -0.493. The van der Waals surface area contributed by atoms with Gasteiger partial charge in [-0.15, -0.1) is 0 Å². The molecular weight excluding hydrogens is 122 g/mol. The maximum absolute atomic E-state index is 10.5. The normalized spacial score (nSPS) is 9.44. The van der Waals surface area contributed by atoms with E-state index in [1.54, 1.807) is 0 Å². The highest BCUT2D eigenvalue weighted by Crippen LogP contribution is 1.67. The average molecular weight is 127 g/mol. The van der Waals surface area contributed by atoms with Crippen molar-refractivity contribution in [2.45, 2.75) is 6.73 Å². The first-order valence-electron chi connectivity index (χ1n) is 2.32. The van der Waals surface area contributed by atoms with E-state index in [0.29, 0.717) is 0 Å². The van der Waals surface area contributed by atoms with Gasteiger partial charge in [0.15, 0.2) is 0 Å². The van der Waals surface area contributed by atoms with Crippen molar-refractivity contribution >= 4 is 0 Å². The predicted octanol–water partition coefficient (Wildman–Crippen LogP) is -1.41. The van der Waals surface area contributed by atoms with Gasteiger partial charge in [-0.25, -0.2) is 9.78 Å². The summed E-state index contributed by atoms with van der Waals surface area (Å²) < 4.78 is 0.986. The molecule has 0 fully saturated rings. The predicted molar refractivity (Wildman–Crippen MR) is 28.5 cm³/mol. The van der Waals surface area contributed by atoms with E-state index >= 15 is 0 Å². The summed E-state index contributed by atoms with van der Waals surface area (Å²) in [4.78, 5) is 17.3. The maximum atomic E-state index is 10.5. The molecule has 1 aromatic rings. The minimum atomic E-state index is -0.493. The zero-order valence-corrected chi connectivity index (χ0v) is 4.56. The molecule has 0 aromatic carbocycles. The molecule has 0 unspecified atom stereocenters. The molecule has 0 aliphatic heterocycles. The summed E-state index contributed by atoms with van der Waals surface area (Å²) in [6.07, 6.45) is 2.35. The molecule has 0 saturated carbocycles. The minimum Gasteiger partial charge on any atom is -0.376 e. The van der Waals surface area contributed by atoms with E-state index in [-0.39, 0.29) is 6.73 Å². The molecule has 1 aromatic heterocycles. The Hall–Kier alpha value is -1.23. The highest BCUT2D eigenvalue weighted by molar-refractivity contribution is 4.62. The standard InChI is InChI=1S/C4H5N3O2/c8-3-7-2-5-1-6-4(7)9/h1-2,8H,3H2. The fourth-order valence-corrected chi connectivity index (χ4v) is 0.414. The summed E-state index contributed by atoms with van der Waals surface area (Å²) >= 11 is 0. The summed E-state index contributed by atoms with van der Waals surface area (Å²) in [6, 6.07) is 0. The highest BCUT2D eigenvalue weighted by atomic mass is 16.3. The van der Waals surface area contributed by atoms with Crippen molar-refractivity contribution in [2.24, 2.45) is 0 Å². The van der Waals surface area contributed by atoms with Crippen molar-refractivity contribution in [2.75, 3.05) is 0 Å². The number of rotatable bonds is 1. The molecule has 1 heterocycles. The van der Waals surface area contributed by atoms with Gasteiger partial charge in [-0.2, -0.15) is 4.98 Å². The van der Waals surface area contributed by atoms with Gasteiger partial charge in [0.25, 0.3) is 0 Å². The maximum Gasteiger partial charge on any atom is 0.352 e. The fourth-order valence-electron chi connectivity index (χ4n) is 0.414. The molecule has 1 rings (SSSR count). The van der Waals surface area contributed by atoms with E-state index in [9.17, 15) is 4.79 Å². The van der Waals surface area contributed by atoms with Crippen LogP contribution >= 0.6 is 0 Å². The van der Waals surface area contributed by atoms with Crippen LogP contribution in [0.4, 0.5) is 0 Å². The molecule has 0 atom stereocenters. The van der Waals surface area contributed by atoms with Gasteiger partial charge in [0.05, 0.1) is 0 Å². The first-order chi connectivity index (χ1) is 4.34. The van der Waals surface area contributed by atoms with E-state index in [0.717, 1.165) is 10.9 Å². The molecule has 9 heavy (non-hydrogen) atoms. The van der Waals surface area contributed by atoms with Crippen LogP contribution in [0.2, 0.25) is 0 Å². The third-order valence-corrected chi connectivity index (χ3v) is 0.839. The Labute approximate surface area is 50.6 Å². The van der Waals surface area contributed by atoms with Gasteiger partial charge >= 0.3 is 5.69 Å². The topological polar surface area (TPSA) is 68.0 Å². The lowest BCUT2D eigenvalue weighted by Gasteiger charge is -1.93. The molecule has 0 aliphatic carbocycles. The number of aromatic nitrogens is 3. The van der Waals surface area contributed by atoms with Gasteiger partial charge in [-0.1, -0.05) is 0 Å². The van der Waals surface area contributed by atoms with Crippen LogP contribution < -0.4 is 5.69 Å². The quantitative estimate of drug-likeness (QED) is 0.503. The SMILES string of the molecule is O=c1ncncn1CO. The second-order valence-corrected chi connectivity index (χ2v) is 1.40. The van der Waals surface area contributed by atoms with E-state index in [1.807, 2.05) is 0 Å². The van der Waals surface area contributed by atoms with Crippen LogP contribution in [0.1, 0.15) is 0 Å². The van der Waals surface area contributed by atoms with Gasteiger partial charge in [0, 0.05) is 0 Å². The van der Waals surface area contributed by atoms with Gasteiger partial charge in [0.2, 0.25) is 0 Å². The van der Waals surface area contributed by atoms with Crippen molar-refractivity contribution < 1.29 is 5.11 Å². The number of nitrogens with zero attached hydrogens (tertiary/aromatic N) is 3. The highest BCUT2D eigenvalue weighted by Gasteiger charge is 1.88. The smallest absolute Gasteiger partial charge is 0.352 e. The lowest BCUT2D eigenvalue weighted by Crippen LogP contribution is -2.22. The summed E-state index contributed by atoms with van der Waals surface area (Å²) in [7, 11) is 0. The number of hydrogen-bond donors (Lipinski definition) is 1. The lowest BCUT2D eigenvalue weighted by atomic mass is 10.9. The first kappa shape index (κ1) is 5.90. The Morgan fingerprint density at radius 2 is 2.56 bits per heavy atom. The monoisotopic (exact) mass is 127 g/mol. The zero-order chi connectivity index (χ0) is 6.69. The van der Waals surface area contributed by atoms with Crippen LogP contribution in [0.25, 0.3) is 0 Å². The van der Waals surface area contributed by atoms with E-state index < -0.39 is 5.69 Å². The van der Waals surface area contributed by atoms with Crippen molar-refractivity contribution in [3.8, 4) is 0 Å². The third-order valence-electron chi connectivity index (χ3n) is 0.839. The molecule has 0 spiro atoms. The van der Waals surface area contributed by atoms with Crippen molar-refractivity contribution in [3.05, 3.63) is 23.1 Å². The van der Waals surface area contributed by atoms with Crippen LogP contribution in [0.5, 0.6) is 0 Å². The fraction of sp³-hybridized carbons (Fsp3) is 0.250. The average Bonchev–Trinajstić information content (AvgIpc) is 1.89. The lowest BCUT2D eigenvalue weighted by molar-refractivity contribution is 0.202. The van der Waals surface area contributed by atoms with Gasteiger partial charge < -0.3 is 5.11 Å². The van der Waals surface area contributed by atoms with Gasteiger partial charge in [-0.05, 0) is 0 Å². The Bertz CT molecular complexity index is 244. The first-order valence-corrected chi connectivity index (χ1v) is 2.32. The minimum absolute atomic E-state index is 0.375. The van der Waals surface area contributed by atoms with E-state index in [1.165, 1.54) is 6.33 Å². The Balaban J connectivity index is 3.16. The van der Waals surface area contributed by atoms with E-state index in [4.69, 9.17) is 5.11 Å². The molecule has 0 radical (unpaired) electrons. The molecule has 5 nitrogen and oxygen atoms in total. The molecule has 0 bridgehead atoms. The third kappa shape index (κ3) is 1.11. The van der Waals surface area contributed by atoms with Crippen LogP contribution in [-0.4, -0.2) is 19.6 Å². The Morgan fingerprint density at radius 1 is 1.78 bits per heavy atom. The molecule has 48 valence electrons. The summed E-state index contributed by atoms with van der Waals surface area (Å²) in [5, 5.41) is 8.40. The Kier molecular flexibility index (Phi) is 1.55. The van der Waals surface area contributed by atoms with Gasteiger partial charge in [0.1, 0.15) is 19.4 Å². The largest absolute Gasteiger partial charge is 0.376 e. The second kappa shape index (κ2) is 2.36. The zero-order valence-electron chi connectivity index (χ0n) is 4.56. The Morgan fingerprint density at radius 3 is 3.00 bits per heavy atom. The van der Waals surface area contributed by atoms with Crippen LogP contribution in [0, 0.1) is 0 Å². The van der Waals surface area contributed by atoms with Gasteiger partial charge in [-0.3, -0.25) is 4.57 Å². The number of aliphatic hydroxyl groups is 1. The summed E-state index contributed by atoms with van der Waals surface area (Å²) in [6.45, 7) is -0.375. The molecular formula is C4H5N3O2.